The number of nitrogens with one attached hydrogen (secondary N) is 1. The molecule has 0 saturated carbocycles. The maximum absolute atomic E-state index is 12.5. The Morgan fingerprint density at radius 2 is 2.19 bits per heavy atom. The summed E-state index contributed by atoms with van der Waals surface area (Å²) >= 11 is 1.61. The maximum atomic E-state index is 12.5. The number of aliphatic hydroxyl groups is 1. The van der Waals surface area contributed by atoms with Crippen LogP contribution in [0.1, 0.15) is 42.4 Å². The number of hydrogen-bond acceptors (Lipinski definition) is 8. The average molecular weight is 392 g/mol. The molecule has 0 aliphatic carbocycles. The lowest BCUT2D eigenvalue weighted by atomic mass is 9.73. The Kier molecular flexibility index (Phi) is 4.69. The van der Waals surface area contributed by atoms with Crippen molar-refractivity contribution in [3.63, 3.8) is 0 Å². The molecule has 2 aromatic heterocycles. The van der Waals surface area contributed by atoms with Crippen molar-refractivity contribution >= 4 is 22.4 Å². The monoisotopic (exact) mass is 392 g/mol. The van der Waals surface area contributed by atoms with Crippen LogP contribution in [0.5, 0.6) is 0 Å². The summed E-state index contributed by atoms with van der Waals surface area (Å²) in [4.78, 5) is 19.1. The van der Waals surface area contributed by atoms with Crippen LogP contribution in [0, 0.1) is 6.92 Å². The van der Waals surface area contributed by atoms with Gasteiger partial charge in [-0.15, -0.1) is 11.3 Å². The Morgan fingerprint density at radius 3 is 2.81 bits per heavy atom. The molecule has 0 unspecified atom stereocenters. The van der Waals surface area contributed by atoms with Crippen molar-refractivity contribution in [2.24, 2.45) is 0 Å². The molecule has 2 aromatic rings. The Hall–Kier alpha value is -1.97. The molecule has 2 saturated heterocycles. The maximum Gasteiger partial charge on any atom is 0.290 e. The van der Waals surface area contributed by atoms with E-state index in [-0.39, 0.29) is 11.7 Å². The minimum Gasteiger partial charge on any atom is -0.388 e. The lowest BCUT2D eigenvalue weighted by molar-refractivity contribution is -0.195. The number of piperidine rings is 1. The molecular weight excluding hydrogens is 368 g/mol. The van der Waals surface area contributed by atoms with E-state index in [1.165, 1.54) is 0 Å². The predicted molar refractivity (Wildman–Crippen MR) is 100.0 cm³/mol. The first-order valence-electron chi connectivity index (χ1n) is 9.14. The van der Waals surface area contributed by atoms with Crippen LogP contribution in [0.3, 0.4) is 0 Å². The molecule has 1 spiro atoms. The number of thiazole rings is 1. The van der Waals surface area contributed by atoms with Crippen LogP contribution < -0.4 is 10.2 Å². The van der Waals surface area contributed by atoms with Gasteiger partial charge in [-0.05, 0) is 33.1 Å². The number of carbonyl (C=O) groups excluding carboxylic acids is 1. The molecular formula is C18H24N4O4S. The second kappa shape index (κ2) is 6.88. The fourth-order valence-corrected chi connectivity index (χ4v) is 4.75. The van der Waals surface area contributed by atoms with E-state index in [0.29, 0.717) is 31.6 Å². The predicted octanol–water partition coefficient (Wildman–Crippen LogP) is 1.75. The second-order valence-electron chi connectivity index (χ2n) is 7.57. The number of carbonyl (C=O) groups is 1. The summed E-state index contributed by atoms with van der Waals surface area (Å²) < 4.78 is 11.1. The Bertz CT molecular complexity index is 800. The molecule has 1 amide bonds. The largest absolute Gasteiger partial charge is 0.388 e. The van der Waals surface area contributed by atoms with Crippen LogP contribution in [-0.4, -0.2) is 58.1 Å². The minimum absolute atomic E-state index is 0.153. The molecule has 2 N–H and O–H groups in total. The van der Waals surface area contributed by atoms with Crippen LogP contribution in [0.4, 0.5) is 5.13 Å². The zero-order chi connectivity index (χ0) is 19.1. The van der Waals surface area contributed by atoms with Gasteiger partial charge in [0, 0.05) is 37.3 Å². The Labute approximate surface area is 161 Å². The van der Waals surface area contributed by atoms with Crippen molar-refractivity contribution in [1.82, 2.24) is 15.5 Å². The molecule has 2 atom stereocenters. The van der Waals surface area contributed by atoms with Gasteiger partial charge in [-0.1, -0.05) is 5.16 Å². The van der Waals surface area contributed by atoms with Crippen LogP contribution >= 0.6 is 11.3 Å². The molecule has 4 rings (SSSR count). The van der Waals surface area contributed by atoms with Crippen LogP contribution in [-0.2, 0) is 4.74 Å². The highest BCUT2D eigenvalue weighted by Gasteiger charge is 2.54. The molecule has 27 heavy (non-hydrogen) atoms. The number of amides is 1. The smallest absolute Gasteiger partial charge is 0.290 e. The SMILES string of the molecule is Cc1cc(C(=O)N[C@@]2(C)CCOC3(CCN(c4nccs4)CC3)[C@@H]2O)on1. The highest BCUT2D eigenvalue weighted by Crippen LogP contribution is 2.41. The zero-order valence-corrected chi connectivity index (χ0v) is 16.3. The van der Waals surface area contributed by atoms with Gasteiger partial charge >= 0.3 is 0 Å². The summed E-state index contributed by atoms with van der Waals surface area (Å²) in [7, 11) is 0. The molecule has 0 bridgehead atoms. The fourth-order valence-electron chi connectivity index (χ4n) is 4.05. The number of rotatable bonds is 3. The summed E-state index contributed by atoms with van der Waals surface area (Å²) in [6.07, 6.45) is 2.88. The van der Waals surface area contributed by atoms with Crippen molar-refractivity contribution in [2.45, 2.75) is 50.4 Å². The van der Waals surface area contributed by atoms with Gasteiger partial charge in [0.15, 0.2) is 5.13 Å². The van der Waals surface area contributed by atoms with Crippen molar-refractivity contribution < 1.29 is 19.2 Å². The normalized spacial score (nSPS) is 27.7. The van der Waals surface area contributed by atoms with E-state index in [1.54, 1.807) is 30.5 Å². The van der Waals surface area contributed by atoms with Crippen LogP contribution in [0.15, 0.2) is 22.2 Å². The highest BCUT2D eigenvalue weighted by molar-refractivity contribution is 7.13. The molecule has 0 radical (unpaired) electrons. The van der Waals surface area contributed by atoms with E-state index >= 15 is 0 Å². The third-order valence-electron chi connectivity index (χ3n) is 5.66. The number of nitrogens with zero attached hydrogens (tertiary/aromatic N) is 3. The van der Waals surface area contributed by atoms with Crippen molar-refractivity contribution in [1.29, 1.82) is 0 Å². The van der Waals surface area contributed by atoms with E-state index in [9.17, 15) is 9.90 Å². The van der Waals surface area contributed by atoms with Crippen LogP contribution in [0.25, 0.3) is 0 Å². The van der Waals surface area contributed by atoms with Crippen molar-refractivity contribution in [3.05, 3.63) is 29.1 Å². The molecule has 146 valence electrons. The van der Waals surface area contributed by atoms with E-state index in [4.69, 9.17) is 9.26 Å². The Balaban J connectivity index is 1.47. The molecule has 8 nitrogen and oxygen atoms in total. The molecule has 2 aliphatic heterocycles. The zero-order valence-electron chi connectivity index (χ0n) is 15.5. The van der Waals surface area contributed by atoms with Crippen molar-refractivity contribution in [3.8, 4) is 0 Å². The third kappa shape index (κ3) is 3.35. The molecule has 2 aliphatic rings. The number of aromatic nitrogens is 2. The number of ether oxygens (including phenoxy) is 1. The quantitative estimate of drug-likeness (QED) is 0.821. The summed E-state index contributed by atoms with van der Waals surface area (Å²) in [5.74, 6) is -0.213. The summed E-state index contributed by atoms with van der Waals surface area (Å²) in [6, 6.07) is 1.59. The standard InChI is InChI=1S/C18H24N4O4S/c1-12-11-13(26-21-12)14(23)20-17(2)5-9-25-18(15(17)24)3-7-22(8-4-18)16-19-6-10-27-16/h6,10-11,15,24H,3-5,7-9H2,1-2H3,(H,20,23)/t15-,17+/m1/s1. The van der Waals surface area contributed by atoms with Gasteiger partial charge in [0.05, 0.1) is 16.8 Å². The summed E-state index contributed by atoms with van der Waals surface area (Å²) in [5.41, 5.74) is -0.811. The highest BCUT2D eigenvalue weighted by atomic mass is 32.1. The number of aryl methyl sites for hydroxylation is 1. The Morgan fingerprint density at radius 1 is 1.41 bits per heavy atom. The van der Waals surface area contributed by atoms with Gasteiger partial charge in [0.1, 0.15) is 6.10 Å². The van der Waals surface area contributed by atoms with Crippen molar-refractivity contribution in [2.75, 3.05) is 24.6 Å². The van der Waals surface area contributed by atoms with Crippen LogP contribution in [0.2, 0.25) is 0 Å². The van der Waals surface area contributed by atoms with Gasteiger partial charge in [0.25, 0.3) is 5.91 Å². The van der Waals surface area contributed by atoms with E-state index in [2.05, 4.69) is 20.4 Å². The summed E-state index contributed by atoms with van der Waals surface area (Å²) in [5, 5.41) is 20.9. The number of aliphatic hydroxyl groups excluding tert-OH is 1. The fraction of sp³-hybridized carbons (Fsp3) is 0.611. The van der Waals surface area contributed by atoms with Gasteiger partial charge in [-0.3, -0.25) is 4.79 Å². The first-order chi connectivity index (χ1) is 12.9. The van der Waals surface area contributed by atoms with Gasteiger partial charge in [-0.25, -0.2) is 4.98 Å². The van der Waals surface area contributed by atoms with Gasteiger partial charge < -0.3 is 24.6 Å². The lowest BCUT2D eigenvalue weighted by Gasteiger charge is -2.53. The van der Waals surface area contributed by atoms with E-state index < -0.39 is 17.2 Å². The first kappa shape index (κ1) is 18.4. The lowest BCUT2D eigenvalue weighted by Crippen LogP contribution is -2.69. The summed E-state index contributed by atoms with van der Waals surface area (Å²) in [6.45, 7) is 5.64. The van der Waals surface area contributed by atoms with E-state index in [1.807, 2.05) is 12.3 Å². The van der Waals surface area contributed by atoms with Gasteiger partial charge in [0.2, 0.25) is 5.76 Å². The molecule has 4 heterocycles. The molecule has 2 fully saturated rings. The molecule has 9 heteroatoms. The molecule has 0 aromatic carbocycles. The number of anilines is 1. The first-order valence-corrected chi connectivity index (χ1v) is 10.0. The second-order valence-corrected chi connectivity index (χ2v) is 8.44. The topological polar surface area (TPSA) is 101 Å². The number of hydrogen-bond donors (Lipinski definition) is 2. The van der Waals surface area contributed by atoms with Gasteiger partial charge in [-0.2, -0.15) is 0 Å². The average Bonchev–Trinajstić information content (AvgIpc) is 3.32. The minimum atomic E-state index is -0.815. The van der Waals surface area contributed by atoms with E-state index in [0.717, 1.165) is 18.2 Å². The third-order valence-corrected chi connectivity index (χ3v) is 6.50.